The Labute approximate surface area is 141 Å². The average molecular weight is 324 g/mol. The van der Waals surface area contributed by atoms with Crippen molar-refractivity contribution in [3.05, 3.63) is 53.2 Å². The summed E-state index contributed by atoms with van der Waals surface area (Å²) in [5.41, 5.74) is 14.1. The summed E-state index contributed by atoms with van der Waals surface area (Å²) in [6, 6.07) is 11.2. The third kappa shape index (κ3) is 5.21. The van der Waals surface area contributed by atoms with Gasteiger partial charge in [0.2, 0.25) is 0 Å². The van der Waals surface area contributed by atoms with Crippen LogP contribution >= 0.6 is 0 Å². The zero-order chi connectivity index (χ0) is 17.4. The van der Waals surface area contributed by atoms with Gasteiger partial charge in [-0.1, -0.05) is 42.2 Å². The number of rotatable bonds is 4. The Balaban J connectivity index is 1.73. The first-order valence-electron chi connectivity index (χ1n) is 7.52. The van der Waals surface area contributed by atoms with Gasteiger partial charge in [-0.05, 0) is 18.6 Å². The molecule has 0 unspecified atom stereocenters. The maximum absolute atomic E-state index is 11.6. The van der Waals surface area contributed by atoms with Crippen molar-refractivity contribution in [1.29, 1.82) is 0 Å². The van der Waals surface area contributed by atoms with Crippen molar-refractivity contribution in [2.45, 2.75) is 20.0 Å². The molecule has 0 radical (unpaired) electrons. The van der Waals surface area contributed by atoms with Crippen molar-refractivity contribution in [2.75, 3.05) is 18.0 Å². The Morgan fingerprint density at radius 1 is 1.29 bits per heavy atom. The molecule has 2 aromatic rings. The molecule has 6 heteroatoms. The zero-order valence-electron chi connectivity index (χ0n) is 13.5. The standard InChI is InChI=1S/C18H20N4O2/c1-13-15(11-16(19)17(20)22-13)9-5-6-10-21-18(23)24-12-14-7-3-2-4-8-14/h2-4,7-8,11H,6,10,12,19H2,1H3,(H2,20,22)(H,21,23). The number of hydrogen-bond acceptors (Lipinski definition) is 5. The van der Waals surface area contributed by atoms with Gasteiger partial charge in [-0.15, -0.1) is 0 Å². The summed E-state index contributed by atoms with van der Waals surface area (Å²) in [6.45, 7) is 2.46. The molecule has 0 aliphatic heterocycles. The second kappa shape index (κ2) is 8.44. The van der Waals surface area contributed by atoms with Gasteiger partial charge in [0.25, 0.3) is 0 Å². The van der Waals surface area contributed by atoms with E-state index in [1.165, 1.54) is 0 Å². The van der Waals surface area contributed by atoms with E-state index in [4.69, 9.17) is 16.2 Å². The molecule has 0 aliphatic rings. The molecule has 0 bridgehead atoms. The van der Waals surface area contributed by atoms with Crippen molar-refractivity contribution in [3.63, 3.8) is 0 Å². The first-order chi connectivity index (χ1) is 11.6. The fourth-order valence-corrected chi connectivity index (χ4v) is 1.92. The lowest BCUT2D eigenvalue weighted by atomic mass is 10.2. The number of amides is 1. The molecule has 1 heterocycles. The third-order valence-electron chi connectivity index (χ3n) is 3.23. The van der Waals surface area contributed by atoms with Crippen molar-refractivity contribution in [3.8, 4) is 11.8 Å². The molecule has 2 rings (SSSR count). The molecule has 0 atom stereocenters. The minimum atomic E-state index is -0.463. The highest BCUT2D eigenvalue weighted by atomic mass is 16.5. The molecule has 1 aromatic heterocycles. The number of pyridine rings is 1. The van der Waals surface area contributed by atoms with E-state index >= 15 is 0 Å². The number of aryl methyl sites for hydroxylation is 1. The molecule has 124 valence electrons. The van der Waals surface area contributed by atoms with Crippen LogP contribution in [0.3, 0.4) is 0 Å². The predicted octanol–water partition coefficient (Wildman–Crippen LogP) is 2.22. The van der Waals surface area contributed by atoms with Crippen LogP contribution in [0.1, 0.15) is 23.2 Å². The monoisotopic (exact) mass is 324 g/mol. The molecular weight excluding hydrogens is 304 g/mol. The minimum Gasteiger partial charge on any atom is -0.445 e. The van der Waals surface area contributed by atoms with Gasteiger partial charge in [0.1, 0.15) is 12.4 Å². The summed E-state index contributed by atoms with van der Waals surface area (Å²) in [4.78, 5) is 15.7. The summed E-state index contributed by atoms with van der Waals surface area (Å²) in [5.74, 6) is 6.24. The van der Waals surface area contributed by atoms with Gasteiger partial charge in [0, 0.05) is 18.5 Å². The number of hydrogen-bond donors (Lipinski definition) is 3. The highest BCUT2D eigenvalue weighted by Gasteiger charge is 2.02. The van der Waals surface area contributed by atoms with Gasteiger partial charge in [0.15, 0.2) is 0 Å². The van der Waals surface area contributed by atoms with Gasteiger partial charge in [-0.25, -0.2) is 9.78 Å². The fourth-order valence-electron chi connectivity index (χ4n) is 1.92. The van der Waals surface area contributed by atoms with Crippen molar-refractivity contribution in [2.24, 2.45) is 0 Å². The molecule has 5 N–H and O–H groups in total. The smallest absolute Gasteiger partial charge is 0.407 e. The van der Waals surface area contributed by atoms with Crippen LogP contribution in [0.2, 0.25) is 0 Å². The van der Waals surface area contributed by atoms with Gasteiger partial charge < -0.3 is 21.5 Å². The third-order valence-corrected chi connectivity index (χ3v) is 3.23. The number of ether oxygens (including phenoxy) is 1. The van der Waals surface area contributed by atoms with E-state index in [1.54, 1.807) is 6.07 Å². The summed E-state index contributed by atoms with van der Waals surface area (Å²) < 4.78 is 5.10. The van der Waals surface area contributed by atoms with E-state index in [0.717, 1.165) is 16.8 Å². The van der Waals surface area contributed by atoms with Crippen LogP contribution in [0.5, 0.6) is 0 Å². The molecule has 0 spiro atoms. The summed E-state index contributed by atoms with van der Waals surface area (Å²) in [6.07, 6.45) is 0.0275. The van der Waals surface area contributed by atoms with Crippen LogP contribution in [0.25, 0.3) is 0 Å². The number of anilines is 2. The van der Waals surface area contributed by atoms with Crippen LogP contribution in [0.15, 0.2) is 36.4 Å². The lowest BCUT2D eigenvalue weighted by molar-refractivity contribution is 0.140. The SMILES string of the molecule is Cc1nc(N)c(N)cc1C#CCCNC(=O)OCc1ccccc1. The summed E-state index contributed by atoms with van der Waals surface area (Å²) >= 11 is 0. The van der Waals surface area contributed by atoms with Crippen molar-refractivity contribution >= 4 is 17.6 Å². The molecule has 1 aromatic carbocycles. The van der Waals surface area contributed by atoms with Crippen LogP contribution < -0.4 is 16.8 Å². The zero-order valence-corrected chi connectivity index (χ0v) is 13.5. The lowest BCUT2D eigenvalue weighted by Gasteiger charge is -2.05. The van der Waals surface area contributed by atoms with E-state index < -0.39 is 6.09 Å². The van der Waals surface area contributed by atoms with E-state index in [-0.39, 0.29) is 6.61 Å². The van der Waals surface area contributed by atoms with Crippen LogP contribution in [0, 0.1) is 18.8 Å². The highest BCUT2D eigenvalue weighted by Crippen LogP contribution is 2.15. The number of benzene rings is 1. The van der Waals surface area contributed by atoms with E-state index in [0.29, 0.717) is 24.5 Å². The predicted molar refractivity (Wildman–Crippen MR) is 93.9 cm³/mol. The molecule has 24 heavy (non-hydrogen) atoms. The lowest BCUT2D eigenvalue weighted by Crippen LogP contribution is -2.24. The Kier molecular flexibility index (Phi) is 6.03. The number of aromatic nitrogens is 1. The number of nitrogen functional groups attached to an aromatic ring is 2. The summed E-state index contributed by atoms with van der Waals surface area (Å²) in [5, 5.41) is 2.65. The average Bonchev–Trinajstić information content (AvgIpc) is 2.58. The van der Waals surface area contributed by atoms with Crippen LogP contribution in [-0.2, 0) is 11.3 Å². The first-order valence-corrected chi connectivity index (χ1v) is 7.52. The number of nitrogens with two attached hydrogens (primary N) is 2. The number of alkyl carbamates (subject to hydrolysis) is 1. The quantitative estimate of drug-likeness (QED) is 0.591. The molecule has 6 nitrogen and oxygen atoms in total. The van der Waals surface area contributed by atoms with Crippen LogP contribution in [0.4, 0.5) is 16.3 Å². The Morgan fingerprint density at radius 2 is 2.04 bits per heavy atom. The second-order valence-electron chi connectivity index (χ2n) is 5.14. The molecule has 1 amide bonds. The van der Waals surface area contributed by atoms with Crippen molar-refractivity contribution in [1.82, 2.24) is 10.3 Å². The Bertz CT molecular complexity index is 764. The fraction of sp³-hybridized carbons (Fsp3) is 0.222. The Morgan fingerprint density at radius 3 is 2.79 bits per heavy atom. The highest BCUT2D eigenvalue weighted by molar-refractivity contribution is 5.67. The van der Waals surface area contributed by atoms with Crippen molar-refractivity contribution < 1.29 is 9.53 Å². The molecule has 0 aliphatic carbocycles. The van der Waals surface area contributed by atoms with Gasteiger partial charge in [0.05, 0.1) is 11.4 Å². The maximum atomic E-state index is 11.6. The minimum absolute atomic E-state index is 0.244. The summed E-state index contributed by atoms with van der Waals surface area (Å²) in [7, 11) is 0. The number of nitrogens with one attached hydrogen (secondary N) is 1. The van der Waals surface area contributed by atoms with E-state index in [1.807, 2.05) is 37.3 Å². The maximum Gasteiger partial charge on any atom is 0.407 e. The normalized spacial score (nSPS) is 9.71. The van der Waals surface area contributed by atoms with Crippen LogP contribution in [-0.4, -0.2) is 17.6 Å². The molecule has 0 fully saturated rings. The molecule has 0 saturated heterocycles. The van der Waals surface area contributed by atoms with Gasteiger partial charge in [-0.3, -0.25) is 0 Å². The second-order valence-corrected chi connectivity index (χ2v) is 5.14. The first kappa shape index (κ1) is 17.2. The number of carbonyl (C=O) groups is 1. The number of nitrogens with zero attached hydrogens (tertiary/aromatic N) is 1. The van der Waals surface area contributed by atoms with Gasteiger partial charge in [-0.2, -0.15) is 0 Å². The van der Waals surface area contributed by atoms with Gasteiger partial charge >= 0.3 is 6.09 Å². The van der Waals surface area contributed by atoms with E-state index in [2.05, 4.69) is 22.1 Å². The Hall–Kier alpha value is -3.20. The number of carbonyl (C=O) groups excluding carboxylic acids is 1. The molecular formula is C18H20N4O2. The largest absolute Gasteiger partial charge is 0.445 e. The molecule has 0 saturated carbocycles. The topological polar surface area (TPSA) is 103 Å². The van der Waals surface area contributed by atoms with E-state index in [9.17, 15) is 4.79 Å².